The molecule has 2 aromatic rings. The Kier molecular flexibility index (Phi) is 5.19. The monoisotopic (exact) mass is 357 g/mol. The zero-order chi connectivity index (χ0) is 17.0. The van der Waals surface area contributed by atoms with Crippen LogP contribution in [0.2, 0.25) is 10.0 Å². The lowest BCUT2D eigenvalue weighted by Gasteiger charge is -2.16. The van der Waals surface area contributed by atoms with Crippen molar-refractivity contribution in [2.45, 2.75) is 6.18 Å². The standard InChI is InChI=1S/C16H8Cl2F3NO/c17-11-6-7-14(13(18)8-11)23-15(16(19,20)21)12(9-22)10-4-2-1-3-5-10/h1-8H/b15-12+. The second-order valence-electron chi connectivity index (χ2n) is 4.36. The third-order valence-electron chi connectivity index (χ3n) is 2.76. The number of rotatable bonds is 3. The Morgan fingerprint density at radius 1 is 1.04 bits per heavy atom. The first-order chi connectivity index (χ1) is 10.8. The molecule has 23 heavy (non-hydrogen) atoms. The fourth-order valence-electron chi connectivity index (χ4n) is 1.77. The van der Waals surface area contributed by atoms with Crippen LogP contribution in [0.5, 0.6) is 5.75 Å². The highest BCUT2D eigenvalue weighted by atomic mass is 35.5. The van der Waals surface area contributed by atoms with Gasteiger partial charge in [0.1, 0.15) is 17.4 Å². The molecule has 0 aliphatic heterocycles. The third kappa shape index (κ3) is 4.19. The first-order valence-corrected chi connectivity index (χ1v) is 6.98. The van der Waals surface area contributed by atoms with Gasteiger partial charge in [-0.05, 0) is 23.8 Å². The van der Waals surface area contributed by atoms with Gasteiger partial charge in [-0.3, -0.25) is 0 Å². The Labute approximate surface area is 140 Å². The van der Waals surface area contributed by atoms with E-state index in [9.17, 15) is 13.2 Å². The fourth-order valence-corrected chi connectivity index (χ4v) is 2.22. The zero-order valence-electron chi connectivity index (χ0n) is 11.4. The van der Waals surface area contributed by atoms with Gasteiger partial charge >= 0.3 is 6.18 Å². The van der Waals surface area contributed by atoms with Crippen molar-refractivity contribution in [2.24, 2.45) is 0 Å². The minimum atomic E-state index is -4.87. The van der Waals surface area contributed by atoms with Crippen LogP contribution >= 0.6 is 23.2 Å². The normalized spacial score (nSPS) is 12.3. The van der Waals surface area contributed by atoms with Crippen LogP contribution in [-0.4, -0.2) is 6.18 Å². The Morgan fingerprint density at radius 2 is 1.70 bits per heavy atom. The third-order valence-corrected chi connectivity index (χ3v) is 3.30. The molecule has 0 spiro atoms. The van der Waals surface area contributed by atoms with Crippen LogP contribution in [0.3, 0.4) is 0 Å². The summed E-state index contributed by atoms with van der Waals surface area (Å²) in [7, 11) is 0. The number of nitriles is 1. The quantitative estimate of drug-likeness (QED) is 0.508. The van der Waals surface area contributed by atoms with Gasteiger partial charge in [-0.25, -0.2) is 0 Å². The van der Waals surface area contributed by atoms with Crippen molar-refractivity contribution in [1.82, 2.24) is 0 Å². The number of alkyl halides is 3. The van der Waals surface area contributed by atoms with Gasteiger partial charge < -0.3 is 4.74 Å². The Morgan fingerprint density at radius 3 is 2.22 bits per heavy atom. The summed E-state index contributed by atoms with van der Waals surface area (Å²) in [5.74, 6) is -1.68. The van der Waals surface area contributed by atoms with Gasteiger partial charge in [0.15, 0.2) is 0 Å². The van der Waals surface area contributed by atoms with Crippen LogP contribution in [0, 0.1) is 11.3 Å². The number of nitrogens with zero attached hydrogens (tertiary/aromatic N) is 1. The SMILES string of the molecule is N#C/C(=C(\Oc1ccc(Cl)cc1Cl)C(F)(F)F)c1ccccc1. The maximum Gasteiger partial charge on any atom is 0.450 e. The molecule has 0 fully saturated rings. The van der Waals surface area contributed by atoms with Gasteiger partial charge in [0.05, 0.1) is 5.02 Å². The summed E-state index contributed by atoms with van der Waals surface area (Å²) in [6, 6.07) is 12.8. The van der Waals surface area contributed by atoms with Gasteiger partial charge in [0, 0.05) is 5.02 Å². The van der Waals surface area contributed by atoms with Gasteiger partial charge in [-0.1, -0.05) is 53.5 Å². The van der Waals surface area contributed by atoms with Gasteiger partial charge in [-0.15, -0.1) is 0 Å². The highest BCUT2D eigenvalue weighted by molar-refractivity contribution is 6.35. The highest BCUT2D eigenvalue weighted by Gasteiger charge is 2.40. The van der Waals surface area contributed by atoms with Gasteiger partial charge in [0.2, 0.25) is 5.76 Å². The van der Waals surface area contributed by atoms with E-state index < -0.39 is 17.5 Å². The van der Waals surface area contributed by atoms with Crippen LogP contribution in [0.4, 0.5) is 13.2 Å². The number of hydrogen-bond donors (Lipinski definition) is 0. The largest absolute Gasteiger partial charge is 0.450 e. The lowest BCUT2D eigenvalue weighted by molar-refractivity contribution is -0.115. The molecular weight excluding hydrogens is 350 g/mol. The molecule has 0 saturated carbocycles. The molecule has 0 radical (unpaired) electrons. The molecule has 0 aromatic heterocycles. The Hall–Kier alpha value is -2.16. The smallest absolute Gasteiger partial charge is 0.449 e. The van der Waals surface area contributed by atoms with E-state index in [0.717, 1.165) is 0 Å². The second kappa shape index (κ2) is 6.95. The van der Waals surface area contributed by atoms with E-state index in [1.807, 2.05) is 0 Å². The molecule has 118 valence electrons. The molecule has 0 unspecified atom stereocenters. The molecule has 0 aliphatic carbocycles. The van der Waals surface area contributed by atoms with Crippen LogP contribution in [0.15, 0.2) is 54.3 Å². The first kappa shape index (κ1) is 17.2. The molecule has 0 amide bonds. The van der Waals surface area contributed by atoms with Crippen LogP contribution < -0.4 is 4.74 Å². The minimum Gasteiger partial charge on any atom is -0.449 e. The molecule has 2 aromatic carbocycles. The molecule has 0 saturated heterocycles. The van der Waals surface area contributed by atoms with Crippen molar-refractivity contribution < 1.29 is 17.9 Å². The summed E-state index contributed by atoms with van der Waals surface area (Å²) >= 11 is 11.5. The summed E-state index contributed by atoms with van der Waals surface area (Å²) < 4.78 is 44.9. The first-order valence-electron chi connectivity index (χ1n) is 6.23. The predicted octanol–water partition coefficient (Wildman–Crippen LogP) is 5.87. The van der Waals surface area contributed by atoms with E-state index in [2.05, 4.69) is 0 Å². The summed E-state index contributed by atoms with van der Waals surface area (Å²) in [6.07, 6.45) is -4.87. The molecule has 2 nitrogen and oxygen atoms in total. The van der Waals surface area contributed by atoms with E-state index in [4.69, 9.17) is 33.2 Å². The predicted molar refractivity (Wildman–Crippen MR) is 82.1 cm³/mol. The van der Waals surface area contributed by atoms with E-state index in [0.29, 0.717) is 0 Å². The molecule has 0 N–H and O–H groups in total. The van der Waals surface area contributed by atoms with Crippen molar-refractivity contribution in [3.63, 3.8) is 0 Å². The topological polar surface area (TPSA) is 33.0 Å². The average Bonchev–Trinajstić information content (AvgIpc) is 2.49. The Bertz CT molecular complexity index is 780. The number of halogens is 5. The molecule has 0 heterocycles. The second-order valence-corrected chi connectivity index (χ2v) is 5.20. The van der Waals surface area contributed by atoms with Gasteiger partial charge in [-0.2, -0.15) is 18.4 Å². The maximum atomic E-state index is 13.3. The van der Waals surface area contributed by atoms with E-state index >= 15 is 0 Å². The molecule has 0 atom stereocenters. The maximum absolute atomic E-state index is 13.3. The van der Waals surface area contributed by atoms with Crippen LogP contribution in [0.1, 0.15) is 5.56 Å². The van der Waals surface area contributed by atoms with Crippen molar-refractivity contribution in [3.05, 3.63) is 69.9 Å². The van der Waals surface area contributed by atoms with Gasteiger partial charge in [0.25, 0.3) is 0 Å². The van der Waals surface area contributed by atoms with E-state index in [1.165, 1.54) is 42.5 Å². The molecule has 0 aliphatic rings. The molecule has 2 rings (SSSR count). The van der Waals surface area contributed by atoms with Crippen molar-refractivity contribution >= 4 is 28.8 Å². The van der Waals surface area contributed by atoms with Crippen molar-refractivity contribution in [1.29, 1.82) is 5.26 Å². The number of allylic oxidation sites excluding steroid dienone is 2. The highest BCUT2D eigenvalue weighted by Crippen LogP contribution is 2.37. The average molecular weight is 358 g/mol. The zero-order valence-corrected chi connectivity index (χ0v) is 12.9. The van der Waals surface area contributed by atoms with Crippen molar-refractivity contribution in [2.75, 3.05) is 0 Å². The Balaban J connectivity index is 2.57. The van der Waals surface area contributed by atoms with E-state index in [1.54, 1.807) is 12.1 Å². The summed E-state index contributed by atoms with van der Waals surface area (Å²) in [5.41, 5.74) is -0.545. The molecular formula is C16H8Cl2F3NO. The summed E-state index contributed by atoms with van der Waals surface area (Å²) in [5, 5.41) is 9.32. The molecule has 7 heteroatoms. The summed E-state index contributed by atoms with van der Waals surface area (Å²) in [4.78, 5) is 0. The summed E-state index contributed by atoms with van der Waals surface area (Å²) in [6.45, 7) is 0. The van der Waals surface area contributed by atoms with Crippen LogP contribution in [-0.2, 0) is 0 Å². The van der Waals surface area contributed by atoms with Crippen LogP contribution in [0.25, 0.3) is 5.57 Å². The fraction of sp³-hybridized carbons (Fsp3) is 0.0625. The number of benzene rings is 2. The minimum absolute atomic E-state index is 0.0902. The lowest BCUT2D eigenvalue weighted by atomic mass is 10.1. The molecule has 0 bridgehead atoms. The van der Waals surface area contributed by atoms with E-state index in [-0.39, 0.29) is 21.4 Å². The lowest BCUT2D eigenvalue weighted by Crippen LogP contribution is -2.19. The van der Waals surface area contributed by atoms with Crippen molar-refractivity contribution in [3.8, 4) is 11.8 Å². The number of hydrogen-bond acceptors (Lipinski definition) is 2. The number of ether oxygens (including phenoxy) is 1.